The molecule has 0 saturated carbocycles. The summed E-state index contributed by atoms with van der Waals surface area (Å²) < 4.78 is 11.1. The summed E-state index contributed by atoms with van der Waals surface area (Å²) in [5, 5.41) is 3.24. The third kappa shape index (κ3) is 9.05. The molecule has 7 heteroatoms. The molecule has 234 valence electrons. The van der Waals surface area contributed by atoms with Crippen LogP contribution in [0.25, 0.3) is 0 Å². The Morgan fingerprint density at radius 3 is 2.04 bits per heavy atom. The number of ketones is 1. The normalized spacial score (nSPS) is 11.5. The molecule has 0 heterocycles. The molecule has 0 aliphatic heterocycles. The molecule has 0 fully saturated rings. The van der Waals surface area contributed by atoms with Gasteiger partial charge in [-0.3, -0.25) is 9.59 Å². The number of carbonyl (C=O) groups excluding carboxylic acids is 3. The van der Waals surface area contributed by atoms with Gasteiger partial charge >= 0.3 is 5.97 Å². The third-order valence-corrected chi connectivity index (χ3v) is 7.85. The summed E-state index contributed by atoms with van der Waals surface area (Å²) >= 11 is 0. The van der Waals surface area contributed by atoms with Gasteiger partial charge in [-0.2, -0.15) is 0 Å². The fourth-order valence-corrected chi connectivity index (χ4v) is 5.28. The van der Waals surface area contributed by atoms with Crippen molar-refractivity contribution in [3.05, 3.63) is 126 Å². The molecule has 4 aromatic rings. The van der Waals surface area contributed by atoms with Crippen LogP contribution in [0.4, 0.5) is 11.4 Å². The van der Waals surface area contributed by atoms with Crippen LogP contribution < -0.4 is 15.0 Å². The monoisotopic (exact) mass is 606 g/mol. The number of nitrogens with zero attached hydrogens (tertiary/aromatic N) is 1. The molecule has 0 aliphatic rings. The van der Waals surface area contributed by atoms with Crippen molar-refractivity contribution < 1.29 is 23.9 Å². The van der Waals surface area contributed by atoms with Gasteiger partial charge in [-0.25, -0.2) is 4.79 Å². The number of rotatable bonds is 16. The van der Waals surface area contributed by atoms with Gasteiger partial charge in [0.15, 0.2) is 5.78 Å². The van der Waals surface area contributed by atoms with Crippen molar-refractivity contribution in [2.45, 2.75) is 45.6 Å². The molecule has 0 saturated heterocycles. The zero-order valence-electron chi connectivity index (χ0n) is 26.3. The minimum Gasteiger partial charge on any atom is -0.494 e. The average molecular weight is 607 g/mol. The summed E-state index contributed by atoms with van der Waals surface area (Å²) in [6, 6.07) is 32.9. The highest BCUT2D eigenvalue weighted by Gasteiger charge is 2.24. The molecule has 0 aromatic heterocycles. The van der Waals surface area contributed by atoms with Crippen molar-refractivity contribution in [3.8, 4) is 5.75 Å². The van der Waals surface area contributed by atoms with Crippen molar-refractivity contribution >= 4 is 29.0 Å². The van der Waals surface area contributed by atoms with E-state index in [1.54, 1.807) is 30.3 Å². The molecule has 0 aliphatic carbocycles. The Kier molecular flexibility index (Phi) is 12.3. The van der Waals surface area contributed by atoms with Crippen LogP contribution in [0.3, 0.4) is 0 Å². The van der Waals surface area contributed by atoms with Gasteiger partial charge in [0.05, 0.1) is 13.7 Å². The van der Waals surface area contributed by atoms with E-state index >= 15 is 0 Å². The lowest BCUT2D eigenvalue weighted by Gasteiger charge is -2.26. The number of hydrogen-bond donors (Lipinski definition) is 1. The van der Waals surface area contributed by atoms with E-state index in [1.807, 2.05) is 83.8 Å². The first-order valence-corrected chi connectivity index (χ1v) is 15.6. The Morgan fingerprint density at radius 2 is 1.40 bits per heavy atom. The summed E-state index contributed by atoms with van der Waals surface area (Å²) in [6.07, 6.45) is 2.65. The summed E-state index contributed by atoms with van der Waals surface area (Å²) in [5.74, 6) is 0.299. The van der Waals surface area contributed by atoms with Gasteiger partial charge in [-0.05, 0) is 61.2 Å². The number of ether oxygens (including phenoxy) is 2. The van der Waals surface area contributed by atoms with Crippen molar-refractivity contribution in [2.75, 3.05) is 30.5 Å². The average Bonchev–Trinajstić information content (AvgIpc) is 3.09. The van der Waals surface area contributed by atoms with Crippen LogP contribution in [0.5, 0.6) is 5.75 Å². The lowest BCUT2D eigenvalue weighted by atomic mass is 10.00. The number of para-hydroxylation sites is 2. The molecule has 0 bridgehead atoms. The number of esters is 1. The number of nitrogens with one attached hydrogen (secondary N) is 1. The quantitative estimate of drug-likeness (QED) is 0.0816. The number of amides is 1. The summed E-state index contributed by atoms with van der Waals surface area (Å²) in [7, 11) is 1.35. The number of methoxy groups -OCH3 is 1. The molecular weight excluding hydrogens is 564 g/mol. The number of anilines is 2. The second kappa shape index (κ2) is 16.8. The van der Waals surface area contributed by atoms with Crippen molar-refractivity contribution in [1.82, 2.24) is 0 Å². The summed E-state index contributed by atoms with van der Waals surface area (Å²) in [6.45, 7) is 5.13. The minimum absolute atomic E-state index is 0.000181. The summed E-state index contributed by atoms with van der Waals surface area (Å²) in [4.78, 5) is 41.1. The topological polar surface area (TPSA) is 84.9 Å². The molecular formula is C38H42N2O5. The van der Waals surface area contributed by atoms with E-state index in [1.165, 1.54) is 7.11 Å². The van der Waals surface area contributed by atoms with Crippen LogP contribution >= 0.6 is 0 Å². The Morgan fingerprint density at radius 1 is 0.778 bits per heavy atom. The Balaban J connectivity index is 1.37. The fourth-order valence-electron chi connectivity index (χ4n) is 5.28. The largest absolute Gasteiger partial charge is 0.494 e. The highest BCUT2D eigenvalue weighted by molar-refractivity contribution is 6.12. The lowest BCUT2D eigenvalue weighted by molar-refractivity contribution is -0.141. The highest BCUT2D eigenvalue weighted by atomic mass is 16.5. The Labute approximate surface area is 266 Å². The zero-order valence-corrected chi connectivity index (χ0v) is 26.3. The smallest absolute Gasteiger partial charge is 0.328 e. The molecule has 4 rings (SSSR count). The van der Waals surface area contributed by atoms with Gasteiger partial charge < -0.3 is 19.7 Å². The molecule has 0 unspecified atom stereocenters. The third-order valence-electron chi connectivity index (χ3n) is 7.85. The number of benzene rings is 4. The van der Waals surface area contributed by atoms with Crippen LogP contribution in [0.1, 0.15) is 54.6 Å². The van der Waals surface area contributed by atoms with E-state index < -0.39 is 12.0 Å². The maximum Gasteiger partial charge on any atom is 0.328 e. The van der Waals surface area contributed by atoms with E-state index in [-0.39, 0.29) is 17.6 Å². The first-order valence-electron chi connectivity index (χ1n) is 15.6. The summed E-state index contributed by atoms with van der Waals surface area (Å²) in [5.41, 5.74) is 3.42. The van der Waals surface area contributed by atoms with E-state index in [0.29, 0.717) is 48.6 Å². The van der Waals surface area contributed by atoms with E-state index in [4.69, 9.17) is 9.47 Å². The first-order chi connectivity index (χ1) is 21.9. The van der Waals surface area contributed by atoms with Crippen LogP contribution in [0, 0.1) is 5.92 Å². The van der Waals surface area contributed by atoms with Crippen LogP contribution in [0.15, 0.2) is 109 Å². The molecule has 7 nitrogen and oxygen atoms in total. The van der Waals surface area contributed by atoms with Crippen LogP contribution in [-0.4, -0.2) is 44.0 Å². The Bertz CT molecular complexity index is 1520. The molecule has 1 N–H and O–H groups in total. The van der Waals surface area contributed by atoms with E-state index in [2.05, 4.69) is 19.2 Å². The highest BCUT2D eigenvalue weighted by Crippen LogP contribution is 2.23. The number of carbonyl (C=O) groups is 3. The molecule has 0 radical (unpaired) electrons. The zero-order chi connectivity index (χ0) is 32.0. The van der Waals surface area contributed by atoms with Gasteiger partial charge in [-0.1, -0.05) is 86.6 Å². The lowest BCUT2D eigenvalue weighted by Crippen LogP contribution is -2.37. The van der Waals surface area contributed by atoms with Gasteiger partial charge in [0.25, 0.3) is 0 Å². The molecule has 4 aromatic carbocycles. The Hall–Kier alpha value is -4.91. The molecule has 45 heavy (non-hydrogen) atoms. The molecule has 1 amide bonds. The second-order valence-corrected chi connectivity index (χ2v) is 10.8. The van der Waals surface area contributed by atoms with Crippen molar-refractivity contribution in [1.29, 1.82) is 0 Å². The number of hydrogen-bond acceptors (Lipinski definition) is 6. The van der Waals surface area contributed by atoms with Gasteiger partial charge in [0.1, 0.15) is 11.8 Å². The van der Waals surface area contributed by atoms with Gasteiger partial charge in [0, 0.05) is 41.4 Å². The van der Waals surface area contributed by atoms with Crippen molar-refractivity contribution in [2.24, 2.45) is 5.92 Å². The standard InChI is InChI=1S/C38H42N2O5/c1-4-29(5-2)37(42)40(31-17-10-7-11-18-31)25-14-26-45-32-23-21-28(22-24-32)27-35(38(43)44-3)39-34-20-13-12-19-33(34)36(41)30-15-8-6-9-16-30/h6-13,15-24,29,35,39H,4-5,14,25-27H2,1-3H3/t35-/m0/s1. The minimum atomic E-state index is -0.705. The first kappa shape index (κ1) is 33.0. The second-order valence-electron chi connectivity index (χ2n) is 10.8. The van der Waals surface area contributed by atoms with Crippen LogP contribution in [0.2, 0.25) is 0 Å². The van der Waals surface area contributed by atoms with E-state index in [9.17, 15) is 14.4 Å². The molecule has 1 atom stereocenters. The maximum atomic E-state index is 13.2. The van der Waals surface area contributed by atoms with Crippen molar-refractivity contribution in [3.63, 3.8) is 0 Å². The van der Waals surface area contributed by atoms with Crippen LogP contribution in [-0.2, 0) is 20.7 Å². The predicted octanol–water partition coefficient (Wildman–Crippen LogP) is 7.35. The SMILES string of the molecule is CCC(CC)C(=O)N(CCCOc1ccc(C[C@H](Nc2ccccc2C(=O)c2ccccc2)C(=O)OC)cc1)c1ccccc1. The van der Waals surface area contributed by atoms with Gasteiger partial charge in [-0.15, -0.1) is 0 Å². The van der Waals surface area contributed by atoms with Gasteiger partial charge in [0.2, 0.25) is 5.91 Å². The maximum absolute atomic E-state index is 13.2. The molecule has 0 spiro atoms. The predicted molar refractivity (Wildman–Crippen MR) is 179 cm³/mol. The fraction of sp³-hybridized carbons (Fsp3) is 0.289. The van der Waals surface area contributed by atoms with E-state index in [0.717, 1.165) is 24.1 Å².